The standard InChI is InChI=1S/C23H25Cl2NO4/c1-30-10-4-9-26-16-5-2-7-18(27)21(16)20(22-17(26)6-3-8-19(22)28)14-11-13(24)12-15(25)23(14)29/h11-12,20,29H,2-10H2,1H3. The van der Waals surface area contributed by atoms with E-state index in [1.54, 1.807) is 13.2 Å². The first kappa shape index (κ1) is 21.4. The third-order valence-corrected chi connectivity index (χ3v) is 6.69. The van der Waals surface area contributed by atoms with Crippen molar-refractivity contribution in [2.45, 2.75) is 50.9 Å². The number of hydrogen-bond donors (Lipinski definition) is 1. The van der Waals surface area contributed by atoms with Gasteiger partial charge in [-0.25, -0.2) is 0 Å². The van der Waals surface area contributed by atoms with Crippen LogP contribution in [0.3, 0.4) is 0 Å². The van der Waals surface area contributed by atoms with Gasteiger partial charge < -0.3 is 14.7 Å². The second-order valence-corrected chi connectivity index (χ2v) is 8.87. The van der Waals surface area contributed by atoms with Crippen molar-refractivity contribution in [2.24, 2.45) is 0 Å². The monoisotopic (exact) mass is 449 g/mol. The number of ketones is 2. The zero-order valence-electron chi connectivity index (χ0n) is 17.0. The number of Topliss-reactive ketones (excluding diaryl/α,β-unsaturated/α-hetero) is 2. The molecular weight excluding hydrogens is 425 g/mol. The van der Waals surface area contributed by atoms with Crippen molar-refractivity contribution in [1.82, 2.24) is 4.90 Å². The molecule has 0 aromatic heterocycles. The quantitative estimate of drug-likeness (QED) is 0.629. The summed E-state index contributed by atoms with van der Waals surface area (Å²) in [5.74, 6) is -0.684. The van der Waals surface area contributed by atoms with Gasteiger partial charge in [0.25, 0.3) is 0 Å². The molecule has 0 unspecified atom stereocenters. The average molecular weight is 450 g/mol. The summed E-state index contributed by atoms with van der Waals surface area (Å²) in [6.45, 7) is 1.30. The maximum absolute atomic E-state index is 13.2. The van der Waals surface area contributed by atoms with E-state index in [2.05, 4.69) is 4.90 Å². The Labute approximate surface area is 186 Å². The van der Waals surface area contributed by atoms with Crippen LogP contribution in [0.4, 0.5) is 0 Å². The molecule has 0 saturated carbocycles. The number of phenols is 1. The van der Waals surface area contributed by atoms with Crippen LogP contribution in [0, 0.1) is 0 Å². The van der Waals surface area contributed by atoms with Crippen molar-refractivity contribution in [1.29, 1.82) is 0 Å². The minimum atomic E-state index is -0.620. The van der Waals surface area contributed by atoms with Crippen molar-refractivity contribution in [3.63, 3.8) is 0 Å². The molecule has 0 bridgehead atoms. The number of nitrogens with zero attached hydrogens (tertiary/aromatic N) is 1. The average Bonchev–Trinajstić information content (AvgIpc) is 2.71. The summed E-state index contributed by atoms with van der Waals surface area (Å²) in [5, 5.41) is 11.3. The lowest BCUT2D eigenvalue weighted by atomic mass is 9.70. The maximum Gasteiger partial charge on any atom is 0.161 e. The summed E-state index contributed by atoms with van der Waals surface area (Å²) in [7, 11) is 1.67. The number of hydrogen-bond acceptors (Lipinski definition) is 5. The Hall–Kier alpha value is -1.82. The first-order valence-corrected chi connectivity index (χ1v) is 11.2. The van der Waals surface area contributed by atoms with E-state index >= 15 is 0 Å². The summed E-state index contributed by atoms with van der Waals surface area (Å²) >= 11 is 12.5. The number of benzene rings is 1. The summed E-state index contributed by atoms with van der Waals surface area (Å²) in [5.41, 5.74) is 3.60. The molecule has 7 heteroatoms. The Bertz CT molecular complexity index is 922. The third-order valence-electron chi connectivity index (χ3n) is 6.19. The molecule has 0 radical (unpaired) electrons. The van der Waals surface area contributed by atoms with E-state index in [-0.39, 0.29) is 22.3 Å². The van der Waals surface area contributed by atoms with Crippen LogP contribution in [-0.2, 0) is 14.3 Å². The van der Waals surface area contributed by atoms with Gasteiger partial charge in [-0.2, -0.15) is 0 Å². The number of methoxy groups -OCH3 is 1. The van der Waals surface area contributed by atoms with Crippen LogP contribution in [0.5, 0.6) is 5.75 Å². The summed E-state index contributed by atoms with van der Waals surface area (Å²) in [4.78, 5) is 28.5. The van der Waals surface area contributed by atoms with Gasteiger partial charge in [-0.3, -0.25) is 9.59 Å². The molecule has 4 rings (SSSR count). The van der Waals surface area contributed by atoms with Crippen LogP contribution in [0.25, 0.3) is 0 Å². The number of allylic oxidation sites excluding steroid dienone is 4. The lowest BCUT2D eigenvalue weighted by Gasteiger charge is -2.44. The fraction of sp³-hybridized carbons (Fsp3) is 0.478. The molecule has 2 aliphatic carbocycles. The molecule has 1 aromatic carbocycles. The van der Waals surface area contributed by atoms with Gasteiger partial charge in [0.05, 0.1) is 5.02 Å². The largest absolute Gasteiger partial charge is 0.506 e. The van der Waals surface area contributed by atoms with Gasteiger partial charge in [-0.15, -0.1) is 0 Å². The highest BCUT2D eigenvalue weighted by atomic mass is 35.5. The number of aromatic hydroxyl groups is 1. The highest BCUT2D eigenvalue weighted by Crippen LogP contribution is 2.52. The van der Waals surface area contributed by atoms with E-state index in [1.165, 1.54) is 6.07 Å². The predicted molar refractivity (Wildman–Crippen MR) is 116 cm³/mol. The highest BCUT2D eigenvalue weighted by Gasteiger charge is 2.44. The molecule has 0 spiro atoms. The van der Waals surface area contributed by atoms with Gasteiger partial charge in [-0.1, -0.05) is 23.2 Å². The molecule has 30 heavy (non-hydrogen) atoms. The van der Waals surface area contributed by atoms with Crippen molar-refractivity contribution >= 4 is 34.8 Å². The zero-order chi connectivity index (χ0) is 21.4. The van der Waals surface area contributed by atoms with E-state index in [9.17, 15) is 14.7 Å². The van der Waals surface area contributed by atoms with E-state index in [0.29, 0.717) is 47.7 Å². The van der Waals surface area contributed by atoms with Gasteiger partial charge in [0.2, 0.25) is 0 Å². The predicted octanol–water partition coefficient (Wildman–Crippen LogP) is 5.15. The van der Waals surface area contributed by atoms with Gasteiger partial charge in [-0.05, 0) is 44.2 Å². The van der Waals surface area contributed by atoms with Crippen LogP contribution in [-0.4, -0.2) is 41.8 Å². The lowest BCUT2D eigenvalue weighted by molar-refractivity contribution is -0.117. The molecule has 3 aliphatic rings. The number of carbonyl (C=O) groups is 2. The molecule has 0 saturated heterocycles. The minimum absolute atomic E-state index is 0.0263. The van der Waals surface area contributed by atoms with E-state index < -0.39 is 5.92 Å². The van der Waals surface area contributed by atoms with Crippen LogP contribution < -0.4 is 0 Å². The molecule has 0 atom stereocenters. The molecule has 160 valence electrons. The summed E-state index contributed by atoms with van der Waals surface area (Å²) < 4.78 is 5.22. The summed E-state index contributed by atoms with van der Waals surface area (Å²) in [6.07, 6.45) is 4.77. The molecule has 1 aromatic rings. The SMILES string of the molecule is COCCCN1C2=C(C(=O)CCC2)C(c2cc(Cl)cc(Cl)c2O)C2=C1CCCC2=O. The highest BCUT2D eigenvalue weighted by molar-refractivity contribution is 6.35. The Kier molecular flexibility index (Phi) is 6.24. The Morgan fingerprint density at radius 3 is 2.20 bits per heavy atom. The van der Waals surface area contributed by atoms with Crippen LogP contribution >= 0.6 is 23.2 Å². The number of halogens is 2. The molecular formula is C23H25Cl2NO4. The minimum Gasteiger partial charge on any atom is -0.506 e. The zero-order valence-corrected chi connectivity index (χ0v) is 18.5. The molecule has 1 N–H and O–H groups in total. The molecule has 1 aliphatic heterocycles. The Morgan fingerprint density at radius 1 is 1.03 bits per heavy atom. The Balaban J connectivity index is 1.94. The lowest BCUT2D eigenvalue weighted by Crippen LogP contribution is -2.39. The van der Waals surface area contributed by atoms with Crippen molar-refractivity contribution in [3.05, 3.63) is 50.3 Å². The number of ether oxygens (including phenoxy) is 1. The number of phenolic OH excluding ortho intramolecular Hbond substituents is 1. The van der Waals surface area contributed by atoms with Crippen molar-refractivity contribution < 1.29 is 19.4 Å². The van der Waals surface area contributed by atoms with Crippen LogP contribution in [0.2, 0.25) is 10.0 Å². The van der Waals surface area contributed by atoms with Gasteiger partial charge in [0.1, 0.15) is 5.75 Å². The third kappa shape index (κ3) is 3.68. The fourth-order valence-electron chi connectivity index (χ4n) is 4.97. The summed E-state index contributed by atoms with van der Waals surface area (Å²) in [6, 6.07) is 3.10. The molecule has 5 nitrogen and oxygen atoms in total. The molecule has 1 heterocycles. The molecule has 0 amide bonds. The van der Waals surface area contributed by atoms with E-state index in [1.807, 2.05) is 0 Å². The van der Waals surface area contributed by atoms with Crippen molar-refractivity contribution in [2.75, 3.05) is 20.3 Å². The number of carbonyl (C=O) groups excluding carboxylic acids is 2. The number of rotatable bonds is 5. The maximum atomic E-state index is 13.2. The van der Waals surface area contributed by atoms with Crippen molar-refractivity contribution in [3.8, 4) is 5.75 Å². The second kappa shape index (κ2) is 8.74. The fourth-order valence-corrected chi connectivity index (χ4v) is 5.48. The van der Waals surface area contributed by atoms with E-state index in [0.717, 1.165) is 43.5 Å². The van der Waals surface area contributed by atoms with Gasteiger partial charge >= 0.3 is 0 Å². The van der Waals surface area contributed by atoms with Crippen LogP contribution in [0.15, 0.2) is 34.7 Å². The van der Waals surface area contributed by atoms with Crippen LogP contribution in [0.1, 0.15) is 56.4 Å². The van der Waals surface area contributed by atoms with Gasteiger partial charge in [0, 0.05) is 72.1 Å². The normalized spacial score (nSPS) is 20.0. The topological polar surface area (TPSA) is 66.8 Å². The first-order valence-electron chi connectivity index (χ1n) is 10.4. The first-order chi connectivity index (χ1) is 14.4. The van der Waals surface area contributed by atoms with E-state index in [4.69, 9.17) is 27.9 Å². The second-order valence-electron chi connectivity index (χ2n) is 8.03. The molecule has 0 fully saturated rings. The van der Waals surface area contributed by atoms with Gasteiger partial charge in [0.15, 0.2) is 11.6 Å². The Morgan fingerprint density at radius 2 is 1.63 bits per heavy atom. The smallest absolute Gasteiger partial charge is 0.161 e.